The lowest BCUT2D eigenvalue weighted by Gasteiger charge is -2.42. The second-order valence-electron chi connectivity index (χ2n) is 4.90. The van der Waals surface area contributed by atoms with Gasteiger partial charge in [-0.3, -0.25) is 4.79 Å². The molecule has 2 fully saturated rings. The summed E-state index contributed by atoms with van der Waals surface area (Å²) >= 11 is 0. The van der Waals surface area contributed by atoms with Crippen LogP contribution in [0.3, 0.4) is 0 Å². The van der Waals surface area contributed by atoms with Crippen LogP contribution in [0.5, 0.6) is 0 Å². The Labute approximate surface area is 85.8 Å². The quantitative estimate of drug-likeness (QED) is 0.678. The van der Waals surface area contributed by atoms with Gasteiger partial charge in [0.2, 0.25) is 5.91 Å². The van der Waals surface area contributed by atoms with Crippen LogP contribution in [0.2, 0.25) is 0 Å². The number of hydrogen-bond acceptors (Lipinski definition) is 2. The lowest BCUT2D eigenvalue weighted by molar-refractivity contribution is -0.147. The summed E-state index contributed by atoms with van der Waals surface area (Å²) in [4.78, 5) is 14.3. The van der Waals surface area contributed by atoms with Crippen LogP contribution in [-0.2, 0) is 4.79 Å². The molecule has 1 N–H and O–H groups in total. The summed E-state index contributed by atoms with van der Waals surface area (Å²) in [5, 5.41) is 3.39. The monoisotopic (exact) mass is 196 g/mol. The Morgan fingerprint density at radius 2 is 2.14 bits per heavy atom. The maximum Gasteiger partial charge on any atom is 0.230 e. The first-order valence-electron chi connectivity index (χ1n) is 5.67. The summed E-state index contributed by atoms with van der Waals surface area (Å²) in [6, 6.07) is 0.347. The number of carbonyl (C=O) groups is 1. The third kappa shape index (κ3) is 1.44. The minimum absolute atomic E-state index is 0.0270. The molecular formula is C11H20N2O. The fourth-order valence-corrected chi connectivity index (χ4v) is 2.50. The van der Waals surface area contributed by atoms with Crippen LogP contribution >= 0.6 is 0 Å². The highest BCUT2D eigenvalue weighted by Crippen LogP contribution is 2.42. The van der Waals surface area contributed by atoms with Crippen molar-refractivity contribution in [1.82, 2.24) is 10.2 Å². The third-order valence-corrected chi connectivity index (χ3v) is 3.64. The predicted molar refractivity (Wildman–Crippen MR) is 56.0 cm³/mol. The van der Waals surface area contributed by atoms with Crippen LogP contribution < -0.4 is 5.32 Å². The average Bonchev–Trinajstić information content (AvgIpc) is 2.22. The molecule has 0 aromatic heterocycles. The Balaban J connectivity index is 2.16. The number of carbonyl (C=O) groups excluding carboxylic acids is 1. The molecule has 0 bridgehead atoms. The maximum absolute atomic E-state index is 12.3. The molecular weight excluding hydrogens is 176 g/mol. The molecule has 1 saturated heterocycles. The van der Waals surface area contributed by atoms with Crippen LogP contribution in [-0.4, -0.2) is 36.5 Å². The van der Waals surface area contributed by atoms with Crippen LogP contribution in [0.25, 0.3) is 0 Å². The zero-order valence-electron chi connectivity index (χ0n) is 9.18. The summed E-state index contributed by atoms with van der Waals surface area (Å²) in [5.74, 6) is 0.392. The Morgan fingerprint density at radius 1 is 1.43 bits per heavy atom. The van der Waals surface area contributed by atoms with Gasteiger partial charge in [-0.05, 0) is 26.7 Å². The van der Waals surface area contributed by atoms with Crippen molar-refractivity contribution in [3.63, 3.8) is 0 Å². The zero-order valence-corrected chi connectivity index (χ0v) is 9.18. The highest BCUT2D eigenvalue weighted by atomic mass is 16.2. The molecule has 80 valence electrons. The third-order valence-electron chi connectivity index (χ3n) is 3.64. The van der Waals surface area contributed by atoms with Crippen molar-refractivity contribution in [2.75, 3.05) is 19.6 Å². The molecule has 0 atom stereocenters. The van der Waals surface area contributed by atoms with Gasteiger partial charge in [0.15, 0.2) is 0 Å². The summed E-state index contributed by atoms with van der Waals surface area (Å²) < 4.78 is 0. The van der Waals surface area contributed by atoms with E-state index in [2.05, 4.69) is 19.2 Å². The minimum Gasteiger partial charge on any atom is -0.338 e. The van der Waals surface area contributed by atoms with E-state index in [9.17, 15) is 4.79 Å². The molecule has 1 aliphatic carbocycles. The molecule has 1 aliphatic heterocycles. The van der Waals surface area contributed by atoms with E-state index in [1.165, 1.54) is 6.42 Å². The molecule has 1 saturated carbocycles. The van der Waals surface area contributed by atoms with Gasteiger partial charge >= 0.3 is 0 Å². The Bertz CT molecular complexity index is 233. The fraction of sp³-hybridized carbons (Fsp3) is 0.909. The van der Waals surface area contributed by atoms with Gasteiger partial charge in [-0.2, -0.15) is 0 Å². The molecule has 0 aromatic carbocycles. The molecule has 2 aliphatic rings. The summed E-state index contributed by atoms with van der Waals surface area (Å²) in [7, 11) is 0. The van der Waals surface area contributed by atoms with Crippen LogP contribution in [0.1, 0.15) is 33.1 Å². The van der Waals surface area contributed by atoms with Crippen molar-refractivity contribution in [3.05, 3.63) is 0 Å². The van der Waals surface area contributed by atoms with Gasteiger partial charge in [-0.25, -0.2) is 0 Å². The van der Waals surface area contributed by atoms with E-state index in [0.29, 0.717) is 11.9 Å². The van der Waals surface area contributed by atoms with Gasteiger partial charge in [-0.1, -0.05) is 6.42 Å². The van der Waals surface area contributed by atoms with E-state index in [-0.39, 0.29) is 5.41 Å². The highest BCUT2D eigenvalue weighted by Gasteiger charge is 2.47. The van der Waals surface area contributed by atoms with E-state index in [1.54, 1.807) is 0 Å². The Kier molecular flexibility index (Phi) is 2.52. The Morgan fingerprint density at radius 3 is 2.64 bits per heavy atom. The van der Waals surface area contributed by atoms with Gasteiger partial charge in [-0.15, -0.1) is 0 Å². The van der Waals surface area contributed by atoms with Crippen molar-refractivity contribution in [2.45, 2.75) is 39.2 Å². The van der Waals surface area contributed by atoms with E-state index < -0.39 is 0 Å². The van der Waals surface area contributed by atoms with E-state index in [0.717, 1.165) is 32.5 Å². The smallest absolute Gasteiger partial charge is 0.230 e. The van der Waals surface area contributed by atoms with Crippen LogP contribution in [0.15, 0.2) is 0 Å². The maximum atomic E-state index is 12.3. The molecule has 0 unspecified atom stereocenters. The first-order chi connectivity index (χ1) is 6.66. The lowest BCUT2D eigenvalue weighted by atomic mass is 9.67. The van der Waals surface area contributed by atoms with Gasteiger partial charge in [0.1, 0.15) is 0 Å². The van der Waals surface area contributed by atoms with E-state index in [1.807, 2.05) is 4.90 Å². The zero-order chi connectivity index (χ0) is 10.2. The topological polar surface area (TPSA) is 32.3 Å². The predicted octanol–water partition coefficient (Wildman–Crippen LogP) is 0.997. The largest absolute Gasteiger partial charge is 0.338 e. The molecule has 1 amide bonds. The van der Waals surface area contributed by atoms with Gasteiger partial charge in [0, 0.05) is 25.7 Å². The van der Waals surface area contributed by atoms with E-state index >= 15 is 0 Å². The molecule has 14 heavy (non-hydrogen) atoms. The summed E-state index contributed by atoms with van der Waals surface area (Å²) in [5.41, 5.74) is -0.0270. The second-order valence-corrected chi connectivity index (χ2v) is 4.90. The van der Waals surface area contributed by atoms with Crippen molar-refractivity contribution in [1.29, 1.82) is 0 Å². The summed E-state index contributed by atoms with van der Waals surface area (Å²) in [6.45, 7) is 6.93. The number of amides is 1. The molecule has 0 aromatic rings. The molecule has 2 rings (SSSR count). The van der Waals surface area contributed by atoms with E-state index in [4.69, 9.17) is 0 Å². The number of nitrogens with one attached hydrogen (secondary N) is 1. The first-order valence-corrected chi connectivity index (χ1v) is 5.67. The SMILES string of the molecule is CC(C)N1CCNCC2(CCC2)C1=O. The van der Waals surface area contributed by atoms with Crippen molar-refractivity contribution in [2.24, 2.45) is 5.41 Å². The molecule has 0 radical (unpaired) electrons. The average molecular weight is 196 g/mol. The highest BCUT2D eigenvalue weighted by molar-refractivity contribution is 5.84. The van der Waals surface area contributed by atoms with Gasteiger partial charge in [0.05, 0.1) is 5.41 Å². The summed E-state index contributed by atoms with van der Waals surface area (Å²) in [6.07, 6.45) is 3.39. The second kappa shape index (κ2) is 3.54. The normalized spacial score (nSPS) is 26.5. The molecule has 3 heteroatoms. The van der Waals surface area contributed by atoms with Crippen molar-refractivity contribution >= 4 is 5.91 Å². The van der Waals surface area contributed by atoms with Crippen LogP contribution in [0.4, 0.5) is 0 Å². The molecule has 1 spiro atoms. The number of hydrogen-bond donors (Lipinski definition) is 1. The molecule has 3 nitrogen and oxygen atoms in total. The van der Waals surface area contributed by atoms with Crippen LogP contribution in [0, 0.1) is 5.41 Å². The number of rotatable bonds is 1. The van der Waals surface area contributed by atoms with Gasteiger partial charge in [0.25, 0.3) is 0 Å². The standard InChI is InChI=1S/C11H20N2O/c1-9(2)13-7-6-12-8-11(10(13)14)4-3-5-11/h9,12H,3-8H2,1-2H3. The molecule has 1 heterocycles. The van der Waals surface area contributed by atoms with Crippen molar-refractivity contribution in [3.8, 4) is 0 Å². The minimum atomic E-state index is -0.0270. The van der Waals surface area contributed by atoms with Gasteiger partial charge < -0.3 is 10.2 Å². The lowest BCUT2D eigenvalue weighted by Crippen LogP contribution is -2.51. The first kappa shape index (κ1) is 9.97. The number of nitrogens with zero attached hydrogens (tertiary/aromatic N) is 1. The van der Waals surface area contributed by atoms with Crippen molar-refractivity contribution < 1.29 is 4.79 Å². The fourth-order valence-electron chi connectivity index (χ4n) is 2.50. The Hall–Kier alpha value is -0.570.